The minimum Gasteiger partial charge on any atom is -0.371 e. The Morgan fingerprint density at radius 1 is 1.35 bits per heavy atom. The average molecular weight is 278 g/mol. The quantitative estimate of drug-likeness (QED) is 0.892. The van der Waals surface area contributed by atoms with E-state index < -0.39 is 5.54 Å². The van der Waals surface area contributed by atoms with Gasteiger partial charge in [0.2, 0.25) is 5.91 Å². The number of nitrogens with one attached hydrogen (secondary N) is 1. The van der Waals surface area contributed by atoms with Gasteiger partial charge in [0.1, 0.15) is 11.4 Å². The summed E-state index contributed by atoms with van der Waals surface area (Å²) in [5.74, 6) is 0.347. The Morgan fingerprint density at radius 2 is 2.05 bits per heavy atom. The fourth-order valence-corrected chi connectivity index (χ4v) is 3.10. The molecule has 0 aromatic heterocycles. The van der Waals surface area contributed by atoms with Crippen LogP contribution in [-0.4, -0.2) is 11.4 Å². The molecule has 0 spiro atoms. The molecule has 1 aliphatic carbocycles. The van der Waals surface area contributed by atoms with Crippen LogP contribution in [0.3, 0.4) is 0 Å². The van der Waals surface area contributed by atoms with Gasteiger partial charge in [0.15, 0.2) is 0 Å². The number of anilines is 1. The number of halogens is 1. The topological polar surface area (TPSA) is 55.1 Å². The molecule has 4 heteroatoms. The molecule has 1 saturated carbocycles. The van der Waals surface area contributed by atoms with Gasteiger partial charge in [0.05, 0.1) is 0 Å². The average Bonchev–Trinajstić information content (AvgIpc) is 2.32. The van der Waals surface area contributed by atoms with E-state index in [2.05, 4.69) is 19.2 Å². The maximum atomic E-state index is 13.5. The Kier molecular flexibility index (Phi) is 4.02. The molecule has 3 N–H and O–H groups in total. The Morgan fingerprint density at radius 3 is 2.60 bits per heavy atom. The van der Waals surface area contributed by atoms with Crippen molar-refractivity contribution in [3.05, 3.63) is 29.6 Å². The first kappa shape index (κ1) is 14.8. The lowest BCUT2D eigenvalue weighted by molar-refractivity contribution is -0.124. The number of amides is 1. The van der Waals surface area contributed by atoms with Gasteiger partial charge in [-0.05, 0) is 61.8 Å². The summed E-state index contributed by atoms with van der Waals surface area (Å²) in [6.45, 7) is 6.17. The summed E-state index contributed by atoms with van der Waals surface area (Å²) in [5.41, 5.74) is 6.33. The molecular formula is C16H23FN2O. The van der Waals surface area contributed by atoms with Crippen molar-refractivity contribution < 1.29 is 9.18 Å². The molecule has 1 amide bonds. The van der Waals surface area contributed by atoms with Crippen molar-refractivity contribution in [3.8, 4) is 0 Å². The molecule has 3 atom stereocenters. The lowest BCUT2D eigenvalue weighted by atomic mass is 9.70. The van der Waals surface area contributed by atoms with Gasteiger partial charge in [-0.25, -0.2) is 4.39 Å². The van der Waals surface area contributed by atoms with Crippen molar-refractivity contribution in [2.45, 2.75) is 45.6 Å². The molecule has 110 valence electrons. The third-order valence-electron chi connectivity index (χ3n) is 4.57. The largest absolute Gasteiger partial charge is 0.371 e. The summed E-state index contributed by atoms with van der Waals surface area (Å²) in [4.78, 5) is 12.0. The molecule has 3 unspecified atom stereocenters. The van der Waals surface area contributed by atoms with Crippen LogP contribution in [0.25, 0.3) is 0 Å². The Bertz CT molecular complexity index is 497. The fraction of sp³-hybridized carbons (Fsp3) is 0.562. The highest BCUT2D eigenvalue weighted by atomic mass is 19.1. The lowest BCUT2D eigenvalue weighted by Crippen LogP contribution is -2.54. The highest BCUT2D eigenvalue weighted by molar-refractivity contribution is 5.88. The molecule has 0 aliphatic heterocycles. The number of carbonyl (C=O) groups excluding carboxylic acids is 1. The number of hydrogen-bond donors (Lipinski definition) is 2. The van der Waals surface area contributed by atoms with Crippen molar-refractivity contribution >= 4 is 11.6 Å². The highest BCUT2D eigenvalue weighted by Gasteiger charge is 2.42. The van der Waals surface area contributed by atoms with Crippen LogP contribution in [0.15, 0.2) is 18.2 Å². The first-order valence-electron chi connectivity index (χ1n) is 7.18. The standard InChI is InChI=1S/C16H23FN2O/c1-10-6-13(17)8-14(7-10)19-16(15(18)20)5-4-11(2)12(3)9-16/h6-8,11-12,19H,4-5,9H2,1-3H3,(H2,18,20). The molecule has 1 aromatic rings. The minimum absolute atomic E-state index is 0.302. The molecule has 0 radical (unpaired) electrons. The number of benzene rings is 1. The van der Waals surface area contributed by atoms with Crippen molar-refractivity contribution in [1.82, 2.24) is 0 Å². The van der Waals surface area contributed by atoms with E-state index in [0.717, 1.165) is 12.0 Å². The number of nitrogens with two attached hydrogens (primary N) is 1. The zero-order chi connectivity index (χ0) is 14.9. The maximum Gasteiger partial charge on any atom is 0.243 e. The second-order valence-electron chi connectivity index (χ2n) is 6.29. The number of rotatable bonds is 3. The smallest absolute Gasteiger partial charge is 0.243 e. The molecule has 1 aliphatic rings. The summed E-state index contributed by atoms with van der Waals surface area (Å²) in [6, 6.07) is 4.73. The van der Waals surface area contributed by atoms with Gasteiger partial charge in [0.25, 0.3) is 0 Å². The zero-order valence-corrected chi connectivity index (χ0v) is 12.4. The Labute approximate surface area is 119 Å². The molecule has 20 heavy (non-hydrogen) atoms. The zero-order valence-electron chi connectivity index (χ0n) is 12.4. The van der Waals surface area contributed by atoms with E-state index in [1.54, 1.807) is 0 Å². The number of aryl methyl sites for hydroxylation is 1. The van der Waals surface area contributed by atoms with Crippen LogP contribution in [0.4, 0.5) is 10.1 Å². The van der Waals surface area contributed by atoms with Crippen LogP contribution in [0.5, 0.6) is 0 Å². The maximum absolute atomic E-state index is 13.5. The number of carbonyl (C=O) groups is 1. The second-order valence-corrected chi connectivity index (χ2v) is 6.29. The molecule has 1 fully saturated rings. The van der Waals surface area contributed by atoms with Crippen LogP contribution < -0.4 is 11.1 Å². The van der Waals surface area contributed by atoms with Crippen LogP contribution >= 0.6 is 0 Å². The predicted octanol–water partition coefficient (Wildman–Crippen LogP) is 3.23. The monoisotopic (exact) mass is 278 g/mol. The SMILES string of the molecule is Cc1cc(F)cc(NC2(C(N)=O)CCC(C)C(C)C2)c1. The number of hydrogen-bond acceptors (Lipinski definition) is 2. The van der Waals surface area contributed by atoms with Crippen molar-refractivity contribution in [2.24, 2.45) is 17.6 Å². The summed E-state index contributed by atoms with van der Waals surface area (Å²) in [6.07, 6.45) is 2.34. The van der Waals surface area contributed by atoms with Crippen molar-refractivity contribution in [3.63, 3.8) is 0 Å². The lowest BCUT2D eigenvalue weighted by Gasteiger charge is -2.41. The number of primary amides is 1. The molecule has 0 heterocycles. The summed E-state index contributed by atoms with van der Waals surface area (Å²) >= 11 is 0. The first-order chi connectivity index (χ1) is 9.32. The Balaban J connectivity index is 2.28. The van der Waals surface area contributed by atoms with E-state index in [9.17, 15) is 9.18 Å². The normalized spacial score (nSPS) is 30.0. The summed E-state index contributed by atoms with van der Waals surface area (Å²) < 4.78 is 13.5. The van der Waals surface area contributed by atoms with Gasteiger partial charge in [-0.15, -0.1) is 0 Å². The van der Waals surface area contributed by atoms with Crippen LogP contribution in [0, 0.1) is 24.6 Å². The van der Waals surface area contributed by atoms with Gasteiger partial charge in [-0.2, -0.15) is 0 Å². The highest BCUT2D eigenvalue weighted by Crippen LogP contribution is 2.38. The molecule has 1 aromatic carbocycles. The van der Waals surface area contributed by atoms with E-state index >= 15 is 0 Å². The van der Waals surface area contributed by atoms with E-state index in [4.69, 9.17) is 5.73 Å². The van der Waals surface area contributed by atoms with Gasteiger partial charge in [-0.3, -0.25) is 4.79 Å². The van der Waals surface area contributed by atoms with Gasteiger partial charge in [-0.1, -0.05) is 13.8 Å². The van der Waals surface area contributed by atoms with Gasteiger partial charge < -0.3 is 11.1 Å². The van der Waals surface area contributed by atoms with Gasteiger partial charge >= 0.3 is 0 Å². The van der Waals surface area contributed by atoms with E-state index in [0.29, 0.717) is 30.4 Å². The van der Waals surface area contributed by atoms with E-state index in [-0.39, 0.29) is 11.7 Å². The predicted molar refractivity (Wildman–Crippen MR) is 78.9 cm³/mol. The van der Waals surface area contributed by atoms with E-state index in [1.807, 2.05) is 13.0 Å². The fourth-order valence-electron chi connectivity index (χ4n) is 3.10. The van der Waals surface area contributed by atoms with Crippen molar-refractivity contribution in [2.75, 3.05) is 5.32 Å². The summed E-state index contributed by atoms with van der Waals surface area (Å²) in [5, 5.41) is 3.21. The Hall–Kier alpha value is -1.58. The molecular weight excluding hydrogens is 255 g/mol. The minimum atomic E-state index is -0.758. The van der Waals surface area contributed by atoms with Gasteiger partial charge in [0, 0.05) is 5.69 Å². The summed E-state index contributed by atoms with van der Waals surface area (Å²) in [7, 11) is 0. The van der Waals surface area contributed by atoms with Crippen LogP contribution in [0.1, 0.15) is 38.7 Å². The molecule has 3 nitrogen and oxygen atoms in total. The van der Waals surface area contributed by atoms with E-state index in [1.165, 1.54) is 12.1 Å². The molecule has 0 saturated heterocycles. The van der Waals surface area contributed by atoms with Crippen molar-refractivity contribution in [1.29, 1.82) is 0 Å². The third-order valence-corrected chi connectivity index (χ3v) is 4.57. The first-order valence-corrected chi connectivity index (χ1v) is 7.18. The molecule has 2 rings (SSSR count). The van der Waals surface area contributed by atoms with Crippen LogP contribution in [-0.2, 0) is 4.79 Å². The third kappa shape index (κ3) is 2.94. The van der Waals surface area contributed by atoms with Crippen LogP contribution in [0.2, 0.25) is 0 Å². The second kappa shape index (κ2) is 5.43. The molecule has 0 bridgehead atoms.